The average Bonchev–Trinajstić information content (AvgIpc) is 3.44. The number of carbonyl (C=O) groups is 1. The molecule has 0 unspecified atom stereocenters. The van der Waals surface area contributed by atoms with Crippen LogP contribution in [-0.2, 0) is 13.1 Å². The second-order valence-electron chi connectivity index (χ2n) is 7.53. The third-order valence-corrected chi connectivity index (χ3v) is 5.18. The number of nitrogens with zero attached hydrogens (tertiary/aromatic N) is 5. The maximum Gasteiger partial charge on any atom is 0.422 e. The molecule has 0 spiro atoms. The third-order valence-electron chi connectivity index (χ3n) is 5.18. The molecule has 12 heteroatoms. The molecule has 0 atom stereocenters. The standard InChI is InChI=1S/C22H17F4N5O3.C2H6/c1-12-5-18(28-7-15(12)23)31-9-14-8-30(10-16(14)29-31)21(32)19-17(34-11-22(24,25)26)4-3-13(6-27)20(19)33-2;1-2/h3-5,7,9H,8,10-11H2,1-2H3;1-2H3. The number of halogens is 4. The number of nitriles is 1. The molecule has 1 amide bonds. The molecule has 190 valence electrons. The van der Waals surface area contributed by atoms with Gasteiger partial charge in [-0.15, -0.1) is 0 Å². The zero-order valence-electron chi connectivity index (χ0n) is 20.0. The lowest BCUT2D eigenvalue weighted by Crippen LogP contribution is -2.28. The molecule has 0 fully saturated rings. The molecule has 0 radical (unpaired) electrons. The van der Waals surface area contributed by atoms with Gasteiger partial charge >= 0.3 is 6.18 Å². The number of methoxy groups -OCH3 is 1. The minimum atomic E-state index is -4.62. The van der Waals surface area contributed by atoms with Crippen molar-refractivity contribution in [2.45, 2.75) is 40.0 Å². The predicted molar refractivity (Wildman–Crippen MR) is 120 cm³/mol. The molecule has 8 nitrogen and oxygen atoms in total. The summed E-state index contributed by atoms with van der Waals surface area (Å²) >= 11 is 0. The number of fused-ring (bicyclic) bond motifs is 1. The molecular weight excluding hydrogens is 482 g/mol. The summed E-state index contributed by atoms with van der Waals surface area (Å²) in [4.78, 5) is 18.7. The molecule has 0 aliphatic carbocycles. The molecule has 1 aromatic carbocycles. The first-order valence-electron chi connectivity index (χ1n) is 10.9. The topological polar surface area (TPSA) is 93.3 Å². The number of hydrogen-bond acceptors (Lipinski definition) is 6. The Morgan fingerprint density at radius 1 is 1.25 bits per heavy atom. The maximum atomic E-state index is 13.5. The normalized spacial score (nSPS) is 12.4. The minimum Gasteiger partial charge on any atom is -0.494 e. The Hall–Kier alpha value is -4.14. The van der Waals surface area contributed by atoms with Crippen molar-refractivity contribution in [3.05, 3.63) is 64.4 Å². The van der Waals surface area contributed by atoms with E-state index in [1.54, 1.807) is 13.1 Å². The van der Waals surface area contributed by atoms with Crippen molar-refractivity contribution in [3.8, 4) is 23.4 Å². The Labute approximate surface area is 204 Å². The molecular formula is C24H23F4N5O3. The van der Waals surface area contributed by atoms with E-state index < -0.39 is 24.5 Å². The van der Waals surface area contributed by atoms with Crippen LogP contribution in [-0.4, -0.2) is 45.5 Å². The van der Waals surface area contributed by atoms with Gasteiger partial charge in [-0.1, -0.05) is 13.8 Å². The number of hydrogen-bond donors (Lipinski definition) is 0. The van der Waals surface area contributed by atoms with E-state index in [9.17, 15) is 27.6 Å². The molecule has 3 heterocycles. The predicted octanol–water partition coefficient (Wildman–Crippen LogP) is 4.72. The van der Waals surface area contributed by atoms with Crippen molar-refractivity contribution in [1.29, 1.82) is 5.26 Å². The first kappa shape index (κ1) is 26.5. The quantitative estimate of drug-likeness (QED) is 0.466. The summed E-state index contributed by atoms with van der Waals surface area (Å²) in [5.74, 6) is -1.24. The highest BCUT2D eigenvalue weighted by atomic mass is 19.4. The summed E-state index contributed by atoms with van der Waals surface area (Å²) in [6.07, 6.45) is -1.89. The number of benzene rings is 1. The van der Waals surface area contributed by atoms with Crippen LogP contribution >= 0.6 is 0 Å². The summed E-state index contributed by atoms with van der Waals surface area (Å²) in [6.45, 7) is 4.14. The van der Waals surface area contributed by atoms with Crippen LogP contribution in [0.1, 0.15) is 46.6 Å². The van der Waals surface area contributed by atoms with Crippen LogP contribution in [0.4, 0.5) is 17.6 Å². The lowest BCUT2D eigenvalue weighted by Gasteiger charge is -2.21. The average molecular weight is 505 g/mol. The smallest absolute Gasteiger partial charge is 0.422 e. The van der Waals surface area contributed by atoms with Crippen LogP contribution in [0.25, 0.3) is 5.82 Å². The van der Waals surface area contributed by atoms with Crippen molar-refractivity contribution < 1.29 is 31.8 Å². The van der Waals surface area contributed by atoms with Crippen LogP contribution in [0.5, 0.6) is 11.5 Å². The first-order chi connectivity index (χ1) is 17.1. The number of alkyl halides is 3. The van der Waals surface area contributed by atoms with Crippen LogP contribution in [0, 0.1) is 24.1 Å². The molecule has 0 saturated heterocycles. The zero-order valence-corrected chi connectivity index (χ0v) is 20.0. The lowest BCUT2D eigenvalue weighted by molar-refractivity contribution is -0.153. The second-order valence-corrected chi connectivity index (χ2v) is 7.53. The van der Waals surface area contributed by atoms with Gasteiger partial charge < -0.3 is 14.4 Å². The Balaban J connectivity index is 0.00000176. The fourth-order valence-electron chi connectivity index (χ4n) is 3.57. The van der Waals surface area contributed by atoms with Gasteiger partial charge in [0.15, 0.2) is 18.2 Å². The molecule has 0 bridgehead atoms. The van der Waals surface area contributed by atoms with Gasteiger partial charge in [0.25, 0.3) is 5.91 Å². The molecule has 36 heavy (non-hydrogen) atoms. The Morgan fingerprint density at radius 3 is 2.56 bits per heavy atom. The van der Waals surface area contributed by atoms with E-state index in [4.69, 9.17) is 9.47 Å². The van der Waals surface area contributed by atoms with Crippen LogP contribution in [0.3, 0.4) is 0 Å². The number of aromatic nitrogens is 3. The maximum absolute atomic E-state index is 13.5. The van der Waals surface area contributed by atoms with Gasteiger partial charge in [-0.3, -0.25) is 4.79 Å². The molecule has 0 saturated carbocycles. The first-order valence-corrected chi connectivity index (χ1v) is 10.9. The highest BCUT2D eigenvalue weighted by Gasteiger charge is 2.34. The van der Waals surface area contributed by atoms with Gasteiger partial charge in [0, 0.05) is 18.3 Å². The van der Waals surface area contributed by atoms with E-state index in [-0.39, 0.29) is 35.7 Å². The molecule has 4 rings (SSSR count). The number of ether oxygens (including phenoxy) is 2. The van der Waals surface area contributed by atoms with E-state index >= 15 is 0 Å². The van der Waals surface area contributed by atoms with Crippen molar-refractivity contribution >= 4 is 5.91 Å². The van der Waals surface area contributed by atoms with Gasteiger partial charge in [0.1, 0.15) is 23.2 Å². The zero-order chi connectivity index (χ0) is 26.6. The fraction of sp³-hybridized carbons (Fsp3) is 0.333. The molecule has 3 aromatic rings. The molecule has 2 aromatic heterocycles. The monoisotopic (exact) mass is 505 g/mol. The van der Waals surface area contributed by atoms with Crippen molar-refractivity contribution in [2.24, 2.45) is 0 Å². The second kappa shape index (κ2) is 10.6. The molecule has 1 aliphatic rings. The van der Waals surface area contributed by atoms with Gasteiger partial charge in [-0.2, -0.15) is 23.5 Å². The minimum absolute atomic E-state index is 0.0231. The fourth-order valence-corrected chi connectivity index (χ4v) is 3.57. The van der Waals surface area contributed by atoms with Gasteiger partial charge in [-0.05, 0) is 30.7 Å². The highest BCUT2D eigenvalue weighted by molar-refractivity contribution is 6.00. The van der Waals surface area contributed by atoms with E-state index in [0.29, 0.717) is 22.6 Å². The third kappa shape index (κ3) is 5.40. The number of aryl methyl sites for hydroxylation is 1. The summed E-state index contributed by atoms with van der Waals surface area (Å²) < 4.78 is 63.2. The molecule has 0 N–H and O–H groups in total. The van der Waals surface area contributed by atoms with Gasteiger partial charge in [0.05, 0.1) is 31.1 Å². The van der Waals surface area contributed by atoms with Crippen LogP contribution in [0.2, 0.25) is 0 Å². The number of amides is 1. The van der Waals surface area contributed by atoms with E-state index in [1.807, 2.05) is 19.9 Å². The van der Waals surface area contributed by atoms with E-state index in [1.165, 1.54) is 28.8 Å². The number of carbonyl (C=O) groups excluding carboxylic acids is 1. The van der Waals surface area contributed by atoms with Gasteiger partial charge in [0.2, 0.25) is 0 Å². The van der Waals surface area contributed by atoms with Crippen LogP contribution < -0.4 is 9.47 Å². The summed E-state index contributed by atoms with van der Waals surface area (Å²) in [5, 5.41) is 13.7. The van der Waals surface area contributed by atoms with E-state index in [2.05, 4.69) is 10.1 Å². The largest absolute Gasteiger partial charge is 0.494 e. The summed E-state index contributed by atoms with van der Waals surface area (Å²) in [5.41, 5.74) is 1.33. The van der Waals surface area contributed by atoms with E-state index in [0.717, 1.165) is 12.3 Å². The summed E-state index contributed by atoms with van der Waals surface area (Å²) in [6, 6.07) is 5.75. The Bertz CT molecular complexity index is 1290. The van der Waals surface area contributed by atoms with Crippen molar-refractivity contribution in [3.63, 3.8) is 0 Å². The van der Waals surface area contributed by atoms with Crippen LogP contribution in [0.15, 0.2) is 30.6 Å². The molecule has 1 aliphatic heterocycles. The SMILES string of the molecule is CC.COc1c(C#N)ccc(OCC(F)(F)F)c1C(=O)N1Cc2cn(-c3cc(C)c(F)cn3)nc2C1. The van der Waals surface area contributed by atoms with Gasteiger partial charge in [-0.25, -0.2) is 14.1 Å². The highest BCUT2D eigenvalue weighted by Crippen LogP contribution is 2.36. The lowest BCUT2D eigenvalue weighted by atomic mass is 10.1. The Kier molecular flexibility index (Phi) is 7.82. The van der Waals surface area contributed by atoms with Crippen molar-refractivity contribution in [2.75, 3.05) is 13.7 Å². The van der Waals surface area contributed by atoms with Crippen molar-refractivity contribution in [1.82, 2.24) is 19.7 Å². The number of pyridine rings is 1. The number of rotatable bonds is 5. The Morgan fingerprint density at radius 2 is 1.97 bits per heavy atom. The summed E-state index contributed by atoms with van der Waals surface area (Å²) in [7, 11) is 1.21.